The fraction of sp³-hybridized carbons (Fsp3) is 0.455. The maximum Gasteiger partial charge on any atom is -0.0395 e. The van der Waals surface area contributed by atoms with E-state index >= 15 is 0 Å². The monoisotopic (exact) mass is 302 g/mol. The number of hydrogen-bond donors (Lipinski definition) is 0. The Morgan fingerprint density at radius 2 is 0.818 bits per heavy atom. The lowest BCUT2D eigenvalue weighted by Gasteiger charge is -1.93. The first-order valence-corrected chi connectivity index (χ1v) is 8.65. The zero-order chi connectivity index (χ0) is 17.8. The van der Waals surface area contributed by atoms with Crippen molar-refractivity contribution < 1.29 is 0 Å². The normalized spacial score (nSPS) is 7.50. The average Bonchev–Trinajstić information content (AvgIpc) is 2.56. The molecule has 0 aliphatic heterocycles. The fourth-order valence-electron chi connectivity index (χ4n) is 1.20. The molecule has 0 atom stereocenters. The standard InChI is InChI=1S/C8H10.C7H8.C3H8.2C2H6/c1-7-5-3-4-6-8(7)2;1-7-5-3-2-4-6-7;1-3-2;2*1-2/h3-6H,1-2H3;2-6H,1H3;3H2,1-2H3;2*1-2H3. The van der Waals surface area contributed by atoms with Crippen molar-refractivity contribution in [1.82, 2.24) is 0 Å². The number of hydrogen-bond acceptors (Lipinski definition) is 0. The summed E-state index contributed by atoms with van der Waals surface area (Å²) in [7, 11) is 0. The number of rotatable bonds is 0. The van der Waals surface area contributed by atoms with Gasteiger partial charge in [0.2, 0.25) is 0 Å². The second kappa shape index (κ2) is 21.7. The molecule has 2 rings (SSSR count). The van der Waals surface area contributed by atoms with Crippen molar-refractivity contribution in [2.75, 3.05) is 0 Å². The smallest absolute Gasteiger partial charge is 0.0395 e. The van der Waals surface area contributed by atoms with Crippen LogP contribution in [0.2, 0.25) is 0 Å². The van der Waals surface area contributed by atoms with Crippen molar-refractivity contribution in [1.29, 1.82) is 0 Å². The van der Waals surface area contributed by atoms with Gasteiger partial charge in [-0.05, 0) is 31.9 Å². The molecule has 126 valence electrons. The van der Waals surface area contributed by atoms with Gasteiger partial charge in [-0.3, -0.25) is 0 Å². The summed E-state index contributed by atoms with van der Waals surface area (Å²) in [6.07, 6.45) is 1.25. The van der Waals surface area contributed by atoms with Gasteiger partial charge in [0.15, 0.2) is 0 Å². The Morgan fingerprint density at radius 1 is 0.545 bits per heavy atom. The van der Waals surface area contributed by atoms with E-state index in [0.29, 0.717) is 0 Å². The Balaban J connectivity index is -0.000000236. The lowest BCUT2D eigenvalue weighted by Crippen LogP contribution is -1.74. The van der Waals surface area contributed by atoms with Gasteiger partial charge in [-0.15, -0.1) is 0 Å². The molecule has 0 radical (unpaired) electrons. The molecule has 0 saturated carbocycles. The van der Waals surface area contributed by atoms with E-state index in [2.05, 4.69) is 71.0 Å². The molecule has 0 fully saturated rings. The Hall–Kier alpha value is -1.56. The first kappa shape index (κ1) is 25.4. The zero-order valence-electron chi connectivity index (χ0n) is 16.4. The SMILES string of the molecule is CC.CC.CCC.Cc1ccccc1.Cc1ccccc1C. The van der Waals surface area contributed by atoms with Crippen LogP contribution in [0.3, 0.4) is 0 Å². The van der Waals surface area contributed by atoms with Gasteiger partial charge < -0.3 is 0 Å². The quantitative estimate of drug-likeness (QED) is 0.466. The Labute approximate surface area is 140 Å². The summed E-state index contributed by atoms with van der Waals surface area (Å²) in [6.45, 7) is 18.6. The summed E-state index contributed by atoms with van der Waals surface area (Å²) >= 11 is 0. The van der Waals surface area contributed by atoms with E-state index in [1.165, 1.54) is 23.1 Å². The van der Waals surface area contributed by atoms with Crippen LogP contribution in [-0.2, 0) is 0 Å². The molecular formula is C22H38. The topological polar surface area (TPSA) is 0 Å². The number of aryl methyl sites for hydroxylation is 3. The van der Waals surface area contributed by atoms with E-state index in [-0.39, 0.29) is 0 Å². The molecule has 0 aliphatic carbocycles. The molecule has 0 amide bonds. The molecule has 0 spiro atoms. The molecule has 0 aromatic heterocycles. The summed E-state index contributed by atoms with van der Waals surface area (Å²) in [6, 6.07) is 18.6. The van der Waals surface area contributed by atoms with Gasteiger partial charge in [0.05, 0.1) is 0 Å². The molecule has 0 bridgehead atoms. The van der Waals surface area contributed by atoms with Gasteiger partial charge in [-0.1, -0.05) is 108 Å². The van der Waals surface area contributed by atoms with Crippen molar-refractivity contribution in [3.05, 3.63) is 71.3 Å². The molecule has 0 heterocycles. The van der Waals surface area contributed by atoms with E-state index in [1.807, 2.05) is 45.9 Å². The second-order valence-corrected chi connectivity index (χ2v) is 4.45. The second-order valence-electron chi connectivity index (χ2n) is 4.45. The fourth-order valence-corrected chi connectivity index (χ4v) is 1.20. The van der Waals surface area contributed by atoms with Crippen LogP contribution in [0.25, 0.3) is 0 Å². The van der Waals surface area contributed by atoms with Crippen LogP contribution in [-0.4, -0.2) is 0 Å². The van der Waals surface area contributed by atoms with Crippen LogP contribution in [0.5, 0.6) is 0 Å². The van der Waals surface area contributed by atoms with E-state index in [9.17, 15) is 0 Å². The van der Waals surface area contributed by atoms with Crippen LogP contribution in [0, 0.1) is 20.8 Å². The molecule has 0 saturated heterocycles. The summed E-state index contributed by atoms with van der Waals surface area (Å²) in [5.74, 6) is 0. The summed E-state index contributed by atoms with van der Waals surface area (Å²) in [5, 5.41) is 0. The Kier molecular flexibility index (Phi) is 25.1. The lowest BCUT2D eigenvalue weighted by molar-refractivity contribution is 1.09. The van der Waals surface area contributed by atoms with Crippen molar-refractivity contribution in [3.8, 4) is 0 Å². The Bertz CT molecular complexity index is 380. The van der Waals surface area contributed by atoms with Gasteiger partial charge in [0.1, 0.15) is 0 Å². The van der Waals surface area contributed by atoms with Gasteiger partial charge >= 0.3 is 0 Å². The predicted octanol–water partition coefficient (Wildman–Crippen LogP) is 7.77. The van der Waals surface area contributed by atoms with Crippen molar-refractivity contribution in [3.63, 3.8) is 0 Å². The molecule has 0 nitrogen and oxygen atoms in total. The largest absolute Gasteiger partial charge is 0.0683 e. The molecule has 0 heteroatoms. The van der Waals surface area contributed by atoms with Crippen LogP contribution < -0.4 is 0 Å². The van der Waals surface area contributed by atoms with Crippen molar-refractivity contribution >= 4 is 0 Å². The van der Waals surface area contributed by atoms with E-state index in [0.717, 1.165) is 0 Å². The average molecular weight is 303 g/mol. The van der Waals surface area contributed by atoms with Crippen LogP contribution >= 0.6 is 0 Å². The third kappa shape index (κ3) is 18.4. The van der Waals surface area contributed by atoms with Crippen molar-refractivity contribution in [2.24, 2.45) is 0 Å². The minimum absolute atomic E-state index is 1.25. The highest BCUT2D eigenvalue weighted by Crippen LogP contribution is 2.02. The summed E-state index contributed by atoms with van der Waals surface area (Å²) < 4.78 is 0. The van der Waals surface area contributed by atoms with Gasteiger partial charge in [-0.25, -0.2) is 0 Å². The minimum Gasteiger partial charge on any atom is -0.0683 e. The van der Waals surface area contributed by atoms with Crippen LogP contribution in [0.1, 0.15) is 64.7 Å². The first-order chi connectivity index (χ1) is 10.6. The van der Waals surface area contributed by atoms with E-state index in [1.54, 1.807) is 0 Å². The van der Waals surface area contributed by atoms with E-state index in [4.69, 9.17) is 0 Å². The van der Waals surface area contributed by atoms with Gasteiger partial charge in [-0.2, -0.15) is 0 Å². The maximum absolute atomic E-state index is 2.12. The zero-order valence-corrected chi connectivity index (χ0v) is 16.4. The summed E-state index contributed by atoms with van der Waals surface area (Å²) in [5.41, 5.74) is 4.06. The lowest BCUT2D eigenvalue weighted by atomic mass is 10.1. The highest BCUT2D eigenvalue weighted by atomic mass is 13.9. The van der Waals surface area contributed by atoms with Crippen LogP contribution in [0.4, 0.5) is 0 Å². The van der Waals surface area contributed by atoms with Gasteiger partial charge in [0, 0.05) is 0 Å². The Morgan fingerprint density at radius 3 is 1.00 bits per heavy atom. The summed E-state index contributed by atoms with van der Waals surface area (Å²) in [4.78, 5) is 0. The third-order valence-corrected chi connectivity index (χ3v) is 2.37. The number of benzene rings is 2. The molecule has 0 unspecified atom stereocenters. The molecule has 2 aromatic rings. The highest BCUT2D eigenvalue weighted by molar-refractivity contribution is 5.23. The predicted molar refractivity (Wildman–Crippen MR) is 106 cm³/mol. The highest BCUT2D eigenvalue weighted by Gasteiger charge is 1.83. The first-order valence-electron chi connectivity index (χ1n) is 8.65. The minimum atomic E-state index is 1.25. The molecule has 0 aliphatic rings. The molecule has 0 N–H and O–H groups in total. The third-order valence-electron chi connectivity index (χ3n) is 2.37. The van der Waals surface area contributed by atoms with Gasteiger partial charge in [0.25, 0.3) is 0 Å². The van der Waals surface area contributed by atoms with Crippen molar-refractivity contribution in [2.45, 2.75) is 68.7 Å². The molecular weight excluding hydrogens is 264 g/mol. The molecule has 2 aromatic carbocycles. The maximum atomic E-state index is 2.12. The van der Waals surface area contributed by atoms with E-state index < -0.39 is 0 Å². The molecule has 22 heavy (non-hydrogen) atoms. The van der Waals surface area contributed by atoms with Crippen LogP contribution in [0.15, 0.2) is 54.6 Å².